The van der Waals surface area contributed by atoms with E-state index in [0.717, 1.165) is 44.3 Å². The summed E-state index contributed by atoms with van der Waals surface area (Å²) in [6.45, 7) is 5.96. The van der Waals surface area contributed by atoms with E-state index in [1.165, 1.54) is 0 Å². The van der Waals surface area contributed by atoms with E-state index in [2.05, 4.69) is 19.2 Å². The van der Waals surface area contributed by atoms with Gasteiger partial charge in [0.05, 0.1) is 26.0 Å². The van der Waals surface area contributed by atoms with E-state index < -0.39 is 0 Å². The Kier molecular flexibility index (Phi) is 9.31. The summed E-state index contributed by atoms with van der Waals surface area (Å²) in [6.07, 6.45) is 8.14. The Morgan fingerprint density at radius 2 is 1.67 bits per heavy atom. The second kappa shape index (κ2) is 12.0. The number of benzene rings is 1. The Morgan fingerprint density at radius 1 is 0.963 bits per heavy atom. The van der Waals surface area contributed by atoms with Crippen LogP contribution in [0.1, 0.15) is 68.5 Å². The molecule has 0 bridgehead atoms. The van der Waals surface area contributed by atoms with Crippen molar-refractivity contribution in [2.45, 2.75) is 58.9 Å². The Balaban J connectivity index is 2.00. The van der Waals surface area contributed by atoms with Crippen molar-refractivity contribution in [2.75, 3.05) is 13.2 Å². The molecule has 0 aliphatic heterocycles. The van der Waals surface area contributed by atoms with Gasteiger partial charge in [-0.3, -0.25) is 4.79 Å². The van der Waals surface area contributed by atoms with Gasteiger partial charge in [-0.05, 0) is 43.2 Å². The number of hydrogen-bond acceptors (Lipinski definition) is 4. The summed E-state index contributed by atoms with van der Waals surface area (Å²) in [5, 5.41) is 2.86. The average Bonchev–Trinajstić information content (AvgIpc) is 3.21. The van der Waals surface area contributed by atoms with Crippen LogP contribution in [0.4, 0.5) is 0 Å². The predicted octanol–water partition coefficient (Wildman–Crippen LogP) is 5.35. The number of amides is 1. The highest BCUT2D eigenvalue weighted by Crippen LogP contribution is 2.29. The maximum absolute atomic E-state index is 12.4. The minimum Gasteiger partial charge on any atom is -0.490 e. The lowest BCUT2D eigenvalue weighted by molar-refractivity contribution is 0.0947. The summed E-state index contributed by atoms with van der Waals surface area (Å²) in [5.74, 6) is 1.89. The van der Waals surface area contributed by atoms with E-state index in [-0.39, 0.29) is 5.91 Å². The van der Waals surface area contributed by atoms with Crippen LogP contribution >= 0.6 is 0 Å². The molecule has 2 aromatic rings. The molecule has 27 heavy (non-hydrogen) atoms. The smallest absolute Gasteiger partial charge is 0.251 e. The van der Waals surface area contributed by atoms with Gasteiger partial charge in [-0.1, -0.05) is 39.5 Å². The Hall–Kier alpha value is -2.43. The molecule has 1 aromatic carbocycles. The predicted molar refractivity (Wildman–Crippen MR) is 106 cm³/mol. The summed E-state index contributed by atoms with van der Waals surface area (Å²) >= 11 is 0. The normalized spacial score (nSPS) is 10.6. The molecule has 0 saturated carbocycles. The zero-order chi connectivity index (χ0) is 19.3. The van der Waals surface area contributed by atoms with E-state index in [0.29, 0.717) is 36.8 Å². The SMILES string of the molecule is CCCCCOc1ccc(C(=O)NCc2ccco2)cc1OCCCCC. The molecule has 5 heteroatoms. The zero-order valence-electron chi connectivity index (χ0n) is 16.5. The molecule has 0 spiro atoms. The fraction of sp³-hybridized carbons (Fsp3) is 0.500. The summed E-state index contributed by atoms with van der Waals surface area (Å²) in [4.78, 5) is 12.4. The average molecular weight is 373 g/mol. The topological polar surface area (TPSA) is 60.7 Å². The first-order chi connectivity index (χ1) is 13.2. The van der Waals surface area contributed by atoms with Crippen LogP contribution in [0, 0.1) is 0 Å². The van der Waals surface area contributed by atoms with Crippen LogP contribution in [-0.4, -0.2) is 19.1 Å². The summed E-state index contributed by atoms with van der Waals surface area (Å²) in [5.41, 5.74) is 0.549. The minimum absolute atomic E-state index is 0.164. The van der Waals surface area contributed by atoms with Crippen molar-refractivity contribution in [2.24, 2.45) is 0 Å². The van der Waals surface area contributed by atoms with Gasteiger partial charge in [0.25, 0.3) is 5.91 Å². The van der Waals surface area contributed by atoms with Crippen molar-refractivity contribution in [1.82, 2.24) is 5.32 Å². The molecule has 0 unspecified atom stereocenters. The van der Waals surface area contributed by atoms with Crippen LogP contribution in [0.15, 0.2) is 41.0 Å². The van der Waals surface area contributed by atoms with Crippen LogP contribution in [0.5, 0.6) is 11.5 Å². The third kappa shape index (κ3) is 7.37. The quantitative estimate of drug-likeness (QED) is 0.481. The van der Waals surface area contributed by atoms with Crippen molar-refractivity contribution in [3.8, 4) is 11.5 Å². The van der Waals surface area contributed by atoms with Crippen LogP contribution in [-0.2, 0) is 6.54 Å². The molecule has 1 aromatic heterocycles. The number of unbranched alkanes of at least 4 members (excludes halogenated alkanes) is 4. The van der Waals surface area contributed by atoms with Crippen LogP contribution in [0.25, 0.3) is 0 Å². The highest BCUT2D eigenvalue weighted by molar-refractivity contribution is 5.94. The van der Waals surface area contributed by atoms with Gasteiger partial charge < -0.3 is 19.2 Å². The summed E-state index contributed by atoms with van der Waals surface area (Å²) in [7, 11) is 0. The number of nitrogens with one attached hydrogen (secondary N) is 1. The van der Waals surface area contributed by atoms with Gasteiger partial charge in [0.15, 0.2) is 11.5 Å². The highest BCUT2D eigenvalue weighted by atomic mass is 16.5. The first kappa shape index (κ1) is 20.9. The van der Waals surface area contributed by atoms with Crippen molar-refractivity contribution in [3.05, 3.63) is 47.9 Å². The molecular weight excluding hydrogens is 342 g/mol. The molecule has 0 fully saturated rings. The maximum Gasteiger partial charge on any atom is 0.251 e. The lowest BCUT2D eigenvalue weighted by Gasteiger charge is -2.14. The number of ether oxygens (including phenoxy) is 2. The molecule has 0 aliphatic rings. The van der Waals surface area contributed by atoms with Crippen LogP contribution in [0.3, 0.4) is 0 Å². The zero-order valence-corrected chi connectivity index (χ0v) is 16.5. The number of furan rings is 1. The third-order valence-corrected chi connectivity index (χ3v) is 4.22. The second-order valence-electron chi connectivity index (χ2n) is 6.53. The standard InChI is InChI=1S/C22H31NO4/c1-3-5-7-13-26-20-12-11-18(16-21(20)27-14-8-6-4-2)22(24)23-17-19-10-9-15-25-19/h9-12,15-16H,3-8,13-14,17H2,1-2H3,(H,23,24). The van der Waals surface area contributed by atoms with Crippen LogP contribution in [0.2, 0.25) is 0 Å². The monoisotopic (exact) mass is 373 g/mol. The molecule has 2 rings (SSSR count). The molecule has 0 saturated heterocycles. The third-order valence-electron chi connectivity index (χ3n) is 4.22. The summed E-state index contributed by atoms with van der Waals surface area (Å²) in [6, 6.07) is 8.98. The molecule has 5 nitrogen and oxygen atoms in total. The lowest BCUT2D eigenvalue weighted by atomic mass is 10.2. The Morgan fingerprint density at radius 3 is 2.30 bits per heavy atom. The van der Waals surface area contributed by atoms with Gasteiger partial charge in [0, 0.05) is 5.56 Å². The van der Waals surface area contributed by atoms with E-state index >= 15 is 0 Å². The molecule has 1 amide bonds. The van der Waals surface area contributed by atoms with Crippen molar-refractivity contribution >= 4 is 5.91 Å². The van der Waals surface area contributed by atoms with Gasteiger partial charge in [-0.15, -0.1) is 0 Å². The van der Waals surface area contributed by atoms with Gasteiger partial charge in [0.2, 0.25) is 0 Å². The molecule has 1 heterocycles. The van der Waals surface area contributed by atoms with Gasteiger partial charge in [-0.2, -0.15) is 0 Å². The van der Waals surface area contributed by atoms with Gasteiger partial charge in [0.1, 0.15) is 5.76 Å². The second-order valence-corrected chi connectivity index (χ2v) is 6.53. The summed E-state index contributed by atoms with van der Waals surface area (Å²) < 4.78 is 17.0. The molecule has 0 atom stereocenters. The maximum atomic E-state index is 12.4. The van der Waals surface area contributed by atoms with E-state index in [4.69, 9.17) is 13.9 Å². The fourth-order valence-electron chi connectivity index (χ4n) is 2.63. The van der Waals surface area contributed by atoms with Gasteiger partial charge >= 0.3 is 0 Å². The van der Waals surface area contributed by atoms with Crippen molar-refractivity contribution in [3.63, 3.8) is 0 Å². The van der Waals surface area contributed by atoms with E-state index in [1.54, 1.807) is 24.5 Å². The number of carbonyl (C=O) groups excluding carboxylic acids is 1. The van der Waals surface area contributed by atoms with Crippen molar-refractivity contribution in [1.29, 1.82) is 0 Å². The highest BCUT2D eigenvalue weighted by Gasteiger charge is 2.12. The lowest BCUT2D eigenvalue weighted by Crippen LogP contribution is -2.22. The van der Waals surface area contributed by atoms with Gasteiger partial charge in [-0.25, -0.2) is 0 Å². The first-order valence-corrected chi connectivity index (χ1v) is 9.94. The first-order valence-electron chi connectivity index (χ1n) is 9.94. The molecule has 1 N–H and O–H groups in total. The Labute approximate surface area is 162 Å². The fourth-order valence-corrected chi connectivity index (χ4v) is 2.63. The van der Waals surface area contributed by atoms with Crippen molar-refractivity contribution < 1.29 is 18.7 Å². The molecule has 148 valence electrons. The number of rotatable bonds is 13. The van der Waals surface area contributed by atoms with E-state index in [9.17, 15) is 4.79 Å². The molecular formula is C22H31NO4. The largest absolute Gasteiger partial charge is 0.490 e. The number of hydrogen-bond donors (Lipinski definition) is 1. The minimum atomic E-state index is -0.164. The van der Waals surface area contributed by atoms with Crippen LogP contribution < -0.4 is 14.8 Å². The molecule has 0 radical (unpaired) electrons. The molecule has 0 aliphatic carbocycles. The Bertz CT molecular complexity index is 667. The number of carbonyl (C=O) groups is 1. The van der Waals surface area contributed by atoms with E-state index in [1.807, 2.05) is 12.1 Å².